The molecule has 19 rings (SSSR count). The molecule has 6 heteroatoms. The molecular formula is C75H51N3O2S. The van der Waals surface area contributed by atoms with Crippen molar-refractivity contribution in [1.29, 1.82) is 0 Å². The average Bonchev–Trinajstić information content (AvgIpc) is 4.32. The quantitative estimate of drug-likeness (QED) is 0.159. The number of rotatable bonds is 7. The molecule has 4 aliphatic rings. The average molecular weight is 1060 g/mol. The van der Waals surface area contributed by atoms with E-state index >= 15 is 0 Å². The van der Waals surface area contributed by atoms with Crippen molar-refractivity contribution in [3.8, 4) is 67.5 Å². The largest absolute Gasteiger partial charge is 0.455 e. The van der Waals surface area contributed by atoms with Crippen LogP contribution in [0.1, 0.15) is 44.1 Å². The molecule has 0 aliphatic heterocycles. The fraction of sp³-hybridized carbons (Fsp3) is 0.133. The standard InChI is InChI=1S/C75H51N3O2S/c1-2-12-46(13-3-1)52-37-63-68-56-17-7-6-14-48(56)26-29-65(68)79-70(63)64(38-52)74-77-72(76-73(78-74)61-22-11-20-59-62-36-49-15-4-5-16-50(49)39-66(62)80-69(59)61)54-34-51(33-53(35-54)57-19-10-21-60-58-18-8-9-23-67(58)81-71(57)60)47-24-27-55(28-25-47)75-40-43-30-44(41-75)32-45(31-43)42-75/h1-29,33-39,43-45H,30-32,40-42H2. The van der Waals surface area contributed by atoms with Gasteiger partial charge in [-0.1, -0.05) is 158 Å². The monoisotopic (exact) mass is 1060 g/mol. The molecule has 0 radical (unpaired) electrons. The van der Waals surface area contributed by atoms with Gasteiger partial charge in [0.2, 0.25) is 0 Å². The molecule has 81 heavy (non-hydrogen) atoms. The summed E-state index contributed by atoms with van der Waals surface area (Å²) in [5, 5.41) is 11.2. The summed E-state index contributed by atoms with van der Waals surface area (Å²) < 4.78 is 16.6. The van der Waals surface area contributed by atoms with Crippen molar-refractivity contribution in [2.45, 2.75) is 43.9 Å². The van der Waals surface area contributed by atoms with Crippen LogP contribution in [0.3, 0.4) is 0 Å². The molecule has 4 aromatic heterocycles. The summed E-state index contributed by atoms with van der Waals surface area (Å²) in [6, 6.07) is 79.3. The van der Waals surface area contributed by atoms with E-state index in [0.717, 1.165) is 122 Å². The molecule has 5 nitrogen and oxygen atoms in total. The van der Waals surface area contributed by atoms with Gasteiger partial charge in [0.25, 0.3) is 0 Å². The zero-order chi connectivity index (χ0) is 52.9. The van der Waals surface area contributed by atoms with Gasteiger partial charge in [-0.05, 0) is 183 Å². The number of hydrogen-bond acceptors (Lipinski definition) is 6. The first kappa shape index (κ1) is 45.6. The van der Waals surface area contributed by atoms with Gasteiger partial charge in [-0.25, -0.2) is 15.0 Å². The zero-order valence-corrected chi connectivity index (χ0v) is 45.1. The van der Waals surface area contributed by atoms with E-state index in [-0.39, 0.29) is 0 Å². The molecular weight excluding hydrogens is 1010 g/mol. The van der Waals surface area contributed by atoms with Crippen LogP contribution in [0.2, 0.25) is 0 Å². The second kappa shape index (κ2) is 17.4. The number of benzene rings is 11. The van der Waals surface area contributed by atoms with Crippen LogP contribution < -0.4 is 0 Å². The van der Waals surface area contributed by atoms with Gasteiger partial charge in [0.1, 0.15) is 22.3 Å². The molecule has 4 saturated carbocycles. The van der Waals surface area contributed by atoms with E-state index in [1.165, 1.54) is 75.4 Å². The Kier molecular flexibility index (Phi) is 9.79. The van der Waals surface area contributed by atoms with Gasteiger partial charge in [-0.3, -0.25) is 0 Å². The van der Waals surface area contributed by atoms with Crippen LogP contribution in [0.15, 0.2) is 227 Å². The summed E-state index contributed by atoms with van der Waals surface area (Å²) >= 11 is 1.86. The van der Waals surface area contributed by atoms with Crippen LogP contribution in [0.4, 0.5) is 0 Å². The van der Waals surface area contributed by atoms with Crippen molar-refractivity contribution in [2.24, 2.45) is 17.8 Å². The van der Waals surface area contributed by atoms with Crippen LogP contribution in [0, 0.1) is 17.8 Å². The molecule has 0 spiro atoms. The highest BCUT2D eigenvalue weighted by atomic mass is 32.1. The Morgan fingerprint density at radius 2 is 0.951 bits per heavy atom. The van der Waals surface area contributed by atoms with E-state index in [0.29, 0.717) is 22.9 Å². The molecule has 0 amide bonds. The number of thiophene rings is 1. The Hall–Kier alpha value is -9.23. The van der Waals surface area contributed by atoms with Crippen molar-refractivity contribution in [3.05, 3.63) is 224 Å². The summed E-state index contributed by atoms with van der Waals surface area (Å²) in [5.74, 6) is 4.23. The first-order valence-corrected chi connectivity index (χ1v) is 29.5. The predicted molar refractivity (Wildman–Crippen MR) is 335 cm³/mol. The van der Waals surface area contributed by atoms with Crippen LogP contribution >= 0.6 is 11.3 Å². The molecule has 4 fully saturated rings. The van der Waals surface area contributed by atoms with Crippen molar-refractivity contribution in [2.75, 3.05) is 0 Å². The Morgan fingerprint density at radius 3 is 1.75 bits per heavy atom. The van der Waals surface area contributed by atoms with Crippen LogP contribution in [0.25, 0.3) is 153 Å². The second-order valence-corrected chi connectivity index (χ2v) is 24.7. The molecule has 0 unspecified atom stereocenters. The lowest BCUT2D eigenvalue weighted by Crippen LogP contribution is -2.48. The summed E-state index contributed by atoms with van der Waals surface area (Å²) in [6.07, 6.45) is 8.32. The van der Waals surface area contributed by atoms with E-state index in [1.807, 2.05) is 11.3 Å². The number of para-hydroxylation sites is 1. The molecule has 15 aromatic rings. The normalized spacial score (nSPS) is 18.7. The van der Waals surface area contributed by atoms with Crippen molar-refractivity contribution in [3.63, 3.8) is 0 Å². The minimum atomic E-state index is 0.307. The van der Waals surface area contributed by atoms with Gasteiger partial charge in [0, 0.05) is 47.3 Å². The van der Waals surface area contributed by atoms with Crippen molar-refractivity contribution >= 4 is 96.9 Å². The Bertz CT molecular complexity index is 5070. The summed E-state index contributed by atoms with van der Waals surface area (Å²) in [4.78, 5) is 16.8. The van der Waals surface area contributed by atoms with E-state index in [1.54, 1.807) is 0 Å². The SMILES string of the molecule is c1ccc(-c2cc(-c3nc(-c4cc(-c5ccc(C67CC8CC(CC(C8)C6)C7)cc5)cc(-c5cccc6c5sc5ccccc56)c4)nc(-c4cccc5c4oc4cc6ccccc6cc45)n3)c3oc4ccc5ccccc5c4c3c2)cc1. The first-order chi connectivity index (χ1) is 40.0. The number of fused-ring (bicyclic) bond motifs is 12. The molecule has 0 atom stereocenters. The van der Waals surface area contributed by atoms with E-state index in [4.69, 9.17) is 23.8 Å². The third kappa shape index (κ3) is 7.19. The molecule has 4 bridgehead atoms. The van der Waals surface area contributed by atoms with Crippen LogP contribution in [0.5, 0.6) is 0 Å². The smallest absolute Gasteiger partial charge is 0.167 e. The third-order valence-electron chi connectivity index (χ3n) is 18.8. The lowest BCUT2D eigenvalue weighted by Gasteiger charge is -2.57. The van der Waals surface area contributed by atoms with Crippen LogP contribution in [-0.2, 0) is 5.41 Å². The number of hydrogen-bond donors (Lipinski definition) is 0. The van der Waals surface area contributed by atoms with Gasteiger partial charge in [-0.2, -0.15) is 0 Å². The highest BCUT2D eigenvalue weighted by molar-refractivity contribution is 7.26. The van der Waals surface area contributed by atoms with Gasteiger partial charge < -0.3 is 8.83 Å². The van der Waals surface area contributed by atoms with E-state index in [2.05, 4.69) is 218 Å². The fourth-order valence-electron chi connectivity index (χ4n) is 15.6. The molecule has 0 N–H and O–H groups in total. The first-order valence-electron chi connectivity index (χ1n) is 28.7. The number of nitrogens with zero attached hydrogens (tertiary/aromatic N) is 3. The molecule has 384 valence electrons. The number of aromatic nitrogens is 3. The maximum atomic E-state index is 7.06. The summed E-state index contributed by atoms with van der Waals surface area (Å²) in [6.45, 7) is 0. The highest BCUT2D eigenvalue weighted by Gasteiger charge is 2.51. The summed E-state index contributed by atoms with van der Waals surface area (Å²) in [7, 11) is 0. The van der Waals surface area contributed by atoms with E-state index < -0.39 is 0 Å². The molecule has 11 aromatic carbocycles. The van der Waals surface area contributed by atoms with Gasteiger partial charge in [0.05, 0.1) is 11.1 Å². The minimum absolute atomic E-state index is 0.307. The third-order valence-corrected chi connectivity index (χ3v) is 20.0. The highest BCUT2D eigenvalue weighted by Crippen LogP contribution is 2.61. The fourth-order valence-corrected chi connectivity index (χ4v) is 16.8. The maximum absolute atomic E-state index is 7.06. The van der Waals surface area contributed by atoms with Crippen LogP contribution in [-0.4, -0.2) is 15.0 Å². The van der Waals surface area contributed by atoms with Crippen molar-refractivity contribution < 1.29 is 8.83 Å². The Labute approximate surface area is 471 Å². The lowest BCUT2D eigenvalue weighted by atomic mass is 9.48. The Morgan fingerprint density at radius 1 is 0.358 bits per heavy atom. The van der Waals surface area contributed by atoms with Gasteiger partial charge in [-0.15, -0.1) is 11.3 Å². The van der Waals surface area contributed by atoms with Gasteiger partial charge in [0.15, 0.2) is 17.5 Å². The summed E-state index contributed by atoms with van der Waals surface area (Å²) in [5.41, 5.74) is 14.1. The topological polar surface area (TPSA) is 65.0 Å². The lowest BCUT2D eigenvalue weighted by molar-refractivity contribution is -0.00518. The molecule has 0 saturated heterocycles. The number of furan rings is 2. The maximum Gasteiger partial charge on any atom is 0.167 e. The molecule has 4 aliphatic carbocycles. The van der Waals surface area contributed by atoms with E-state index in [9.17, 15) is 0 Å². The van der Waals surface area contributed by atoms with Crippen molar-refractivity contribution in [1.82, 2.24) is 15.0 Å². The predicted octanol–water partition coefficient (Wildman–Crippen LogP) is 20.8. The Balaban J connectivity index is 0.897. The second-order valence-electron chi connectivity index (χ2n) is 23.7. The molecule has 4 heterocycles. The zero-order valence-electron chi connectivity index (χ0n) is 44.3. The van der Waals surface area contributed by atoms with Gasteiger partial charge >= 0.3 is 0 Å². The minimum Gasteiger partial charge on any atom is -0.455 e.